The van der Waals surface area contributed by atoms with Crippen LogP contribution in [-0.4, -0.2) is 14.7 Å². The molecular weight excluding hydrogens is 383 g/mol. The maximum absolute atomic E-state index is 8.88. The molecular formula is C24H33O4P. The van der Waals surface area contributed by atoms with E-state index in [9.17, 15) is 0 Å². The van der Waals surface area contributed by atoms with E-state index in [4.69, 9.17) is 19.2 Å². The van der Waals surface area contributed by atoms with Crippen LogP contribution in [0, 0.1) is 41.5 Å². The molecule has 0 aliphatic heterocycles. The molecule has 5 heteroatoms. The third kappa shape index (κ3) is 18.9. The van der Waals surface area contributed by atoms with Crippen molar-refractivity contribution in [2.24, 2.45) is 0 Å². The molecule has 0 atom stereocenters. The van der Waals surface area contributed by atoms with Crippen LogP contribution in [0.3, 0.4) is 0 Å². The fourth-order valence-electron chi connectivity index (χ4n) is 2.42. The maximum Gasteiger partial charge on any atom is 0.466 e. The van der Waals surface area contributed by atoms with Gasteiger partial charge in [-0.2, -0.15) is 0 Å². The van der Waals surface area contributed by atoms with Crippen LogP contribution < -0.4 is 0 Å². The molecule has 3 aromatic carbocycles. The molecule has 0 aromatic heterocycles. The first-order chi connectivity index (χ1) is 13.4. The third-order valence-corrected chi connectivity index (χ3v) is 3.52. The average molecular weight is 416 g/mol. The number of hydrogen-bond donors (Lipinski definition) is 3. The zero-order chi connectivity index (χ0) is 22.4. The molecule has 4 nitrogen and oxygen atoms in total. The summed E-state index contributed by atoms with van der Waals surface area (Å²) < 4.78 is 8.88. The Morgan fingerprint density at radius 1 is 0.483 bits per heavy atom. The van der Waals surface area contributed by atoms with E-state index >= 15 is 0 Å². The van der Waals surface area contributed by atoms with Gasteiger partial charge in [0.1, 0.15) is 0 Å². The normalized spacial score (nSPS) is 9.69. The summed E-state index contributed by atoms with van der Waals surface area (Å²) >= 11 is 0. The van der Waals surface area contributed by atoms with Crippen molar-refractivity contribution in [3.8, 4) is 0 Å². The number of aryl methyl sites for hydroxylation is 6. The molecule has 0 heterocycles. The lowest BCUT2D eigenvalue weighted by atomic mass is 10.2. The van der Waals surface area contributed by atoms with Gasteiger partial charge in [-0.3, -0.25) is 0 Å². The van der Waals surface area contributed by atoms with Crippen molar-refractivity contribution in [2.75, 3.05) is 0 Å². The third-order valence-electron chi connectivity index (χ3n) is 3.52. The van der Waals surface area contributed by atoms with Gasteiger partial charge >= 0.3 is 7.82 Å². The smallest absolute Gasteiger partial charge is 0.303 e. The number of benzene rings is 3. The first-order valence-corrected chi connectivity index (χ1v) is 10.8. The lowest BCUT2D eigenvalue weighted by molar-refractivity contribution is 0.275. The second-order valence-corrected chi connectivity index (χ2v) is 8.01. The van der Waals surface area contributed by atoms with Crippen LogP contribution in [0.1, 0.15) is 33.4 Å². The van der Waals surface area contributed by atoms with Crippen molar-refractivity contribution in [1.82, 2.24) is 0 Å². The summed E-state index contributed by atoms with van der Waals surface area (Å²) in [6.07, 6.45) is 0. The molecule has 3 N–H and O–H groups in total. The van der Waals surface area contributed by atoms with Gasteiger partial charge in [0.15, 0.2) is 0 Å². The monoisotopic (exact) mass is 416 g/mol. The van der Waals surface area contributed by atoms with Crippen LogP contribution >= 0.6 is 7.82 Å². The minimum Gasteiger partial charge on any atom is -0.303 e. The fraction of sp³-hybridized carbons (Fsp3) is 0.250. The van der Waals surface area contributed by atoms with E-state index in [-0.39, 0.29) is 0 Å². The van der Waals surface area contributed by atoms with E-state index in [0.29, 0.717) is 0 Å². The minimum absolute atomic E-state index is 1.34. The lowest BCUT2D eigenvalue weighted by Gasteiger charge is -1.90. The Kier molecular flexibility index (Phi) is 12.8. The molecule has 0 radical (unpaired) electrons. The Labute approximate surface area is 175 Å². The summed E-state index contributed by atoms with van der Waals surface area (Å²) in [6, 6.07) is 25.3. The van der Waals surface area contributed by atoms with Gasteiger partial charge in [0.25, 0.3) is 0 Å². The second kappa shape index (κ2) is 13.9. The van der Waals surface area contributed by atoms with Crippen LogP contribution in [0.15, 0.2) is 72.8 Å². The van der Waals surface area contributed by atoms with Gasteiger partial charge in [0.05, 0.1) is 0 Å². The van der Waals surface area contributed by atoms with E-state index in [1.165, 1.54) is 33.4 Å². The van der Waals surface area contributed by atoms with Crippen molar-refractivity contribution in [3.63, 3.8) is 0 Å². The van der Waals surface area contributed by atoms with Crippen molar-refractivity contribution in [3.05, 3.63) is 106 Å². The Bertz CT molecular complexity index is 737. The van der Waals surface area contributed by atoms with Crippen molar-refractivity contribution >= 4 is 7.82 Å². The highest BCUT2D eigenvalue weighted by molar-refractivity contribution is 7.45. The first kappa shape index (κ1) is 26.8. The summed E-state index contributed by atoms with van der Waals surface area (Å²) in [4.78, 5) is 21.6. The number of rotatable bonds is 0. The summed E-state index contributed by atoms with van der Waals surface area (Å²) in [7, 11) is -4.64. The van der Waals surface area contributed by atoms with E-state index in [2.05, 4.69) is 114 Å². The molecule has 0 saturated carbocycles. The summed E-state index contributed by atoms with van der Waals surface area (Å²) in [5, 5.41) is 0. The van der Waals surface area contributed by atoms with Crippen molar-refractivity contribution in [1.29, 1.82) is 0 Å². The van der Waals surface area contributed by atoms with E-state index in [1.54, 1.807) is 0 Å². The van der Waals surface area contributed by atoms with Crippen molar-refractivity contribution < 1.29 is 19.2 Å². The summed E-state index contributed by atoms with van der Waals surface area (Å²) in [5.41, 5.74) is 8.03. The van der Waals surface area contributed by atoms with E-state index in [0.717, 1.165) is 0 Å². The predicted octanol–water partition coefficient (Wildman–Crippen LogP) is 5.98. The van der Waals surface area contributed by atoms with Gasteiger partial charge in [-0.05, 0) is 41.5 Å². The zero-order valence-electron chi connectivity index (χ0n) is 18.1. The van der Waals surface area contributed by atoms with Crippen molar-refractivity contribution in [2.45, 2.75) is 41.5 Å². The van der Waals surface area contributed by atoms with Gasteiger partial charge < -0.3 is 14.7 Å². The largest absolute Gasteiger partial charge is 0.466 e. The minimum atomic E-state index is -4.64. The summed E-state index contributed by atoms with van der Waals surface area (Å²) in [5.74, 6) is 0. The zero-order valence-corrected chi connectivity index (χ0v) is 19.0. The fourth-order valence-corrected chi connectivity index (χ4v) is 2.42. The Morgan fingerprint density at radius 2 is 0.621 bits per heavy atom. The standard InChI is InChI=1S/3C8H10.H3O4P/c3*1-7-4-3-5-8(2)6-7;1-5(2,3)4/h3*3-6H,1-2H3;(H3,1,2,3,4). The molecule has 0 aliphatic rings. The van der Waals surface area contributed by atoms with E-state index in [1.807, 2.05) is 0 Å². The van der Waals surface area contributed by atoms with Crippen LogP contribution in [0.4, 0.5) is 0 Å². The molecule has 0 spiro atoms. The maximum atomic E-state index is 8.88. The molecule has 0 unspecified atom stereocenters. The van der Waals surface area contributed by atoms with Crippen LogP contribution in [0.5, 0.6) is 0 Å². The Hall–Kier alpha value is -2.23. The second-order valence-electron chi connectivity index (χ2n) is 6.99. The summed E-state index contributed by atoms with van der Waals surface area (Å²) in [6.45, 7) is 12.6. The van der Waals surface area contributed by atoms with Gasteiger partial charge in [-0.1, -0.05) is 106 Å². The molecule has 3 rings (SSSR count). The van der Waals surface area contributed by atoms with Gasteiger partial charge in [0.2, 0.25) is 0 Å². The van der Waals surface area contributed by atoms with Gasteiger partial charge in [-0.25, -0.2) is 4.57 Å². The Morgan fingerprint density at radius 3 is 0.690 bits per heavy atom. The van der Waals surface area contributed by atoms with Gasteiger partial charge in [-0.15, -0.1) is 0 Å². The van der Waals surface area contributed by atoms with Gasteiger partial charge in [0, 0.05) is 0 Å². The average Bonchev–Trinajstić information content (AvgIpc) is 2.53. The molecule has 158 valence electrons. The highest BCUT2D eigenvalue weighted by Crippen LogP contribution is 2.25. The molecule has 29 heavy (non-hydrogen) atoms. The van der Waals surface area contributed by atoms with E-state index < -0.39 is 7.82 Å². The molecule has 0 saturated heterocycles. The Balaban J connectivity index is 0.000000367. The van der Waals surface area contributed by atoms with Crippen LogP contribution in [0.25, 0.3) is 0 Å². The SMILES string of the molecule is Cc1cccc(C)c1.Cc1cccc(C)c1.Cc1cccc(C)c1.O=P(O)(O)O. The molecule has 0 aliphatic carbocycles. The predicted molar refractivity (Wildman–Crippen MR) is 122 cm³/mol. The number of phosphoric acid groups is 1. The highest BCUT2D eigenvalue weighted by atomic mass is 31.2. The topological polar surface area (TPSA) is 77.8 Å². The lowest BCUT2D eigenvalue weighted by Crippen LogP contribution is -1.71. The molecule has 0 fully saturated rings. The molecule has 0 bridgehead atoms. The number of hydrogen-bond acceptors (Lipinski definition) is 1. The first-order valence-electron chi connectivity index (χ1n) is 9.25. The van der Waals surface area contributed by atoms with Crippen LogP contribution in [-0.2, 0) is 4.57 Å². The molecule has 0 amide bonds. The van der Waals surface area contributed by atoms with Crippen LogP contribution in [0.2, 0.25) is 0 Å². The quantitative estimate of drug-likeness (QED) is 0.394. The molecule has 3 aromatic rings. The highest BCUT2D eigenvalue weighted by Gasteiger charge is 2.00.